The standard InChI is InChI=1S/C17H24N2O7S/c1-4-26-17(21)19-13-10-27(22,23)9-12(13)18-8-14(20)11-5-6-15(24-2)16(7-11)25-3/h5-7,12-13,18H,4,8-10H2,1-3H3,(H,19,21)/t12-,13-/m1/s1. The van der Waals surface area contributed by atoms with Gasteiger partial charge in [0.2, 0.25) is 0 Å². The van der Waals surface area contributed by atoms with Crippen molar-refractivity contribution in [2.75, 3.05) is 38.9 Å². The number of sulfone groups is 1. The van der Waals surface area contributed by atoms with Gasteiger partial charge in [-0.15, -0.1) is 0 Å². The lowest BCUT2D eigenvalue weighted by Crippen LogP contribution is -2.50. The number of hydrogen-bond acceptors (Lipinski definition) is 8. The molecular formula is C17H24N2O7S. The Morgan fingerprint density at radius 1 is 1.11 bits per heavy atom. The van der Waals surface area contributed by atoms with Crippen LogP contribution in [0.2, 0.25) is 0 Å². The van der Waals surface area contributed by atoms with Crippen molar-refractivity contribution >= 4 is 21.7 Å². The molecule has 0 unspecified atom stereocenters. The second-order valence-corrected chi connectivity index (χ2v) is 8.18. The van der Waals surface area contributed by atoms with Crippen LogP contribution in [0.5, 0.6) is 11.5 Å². The number of carbonyl (C=O) groups is 2. The van der Waals surface area contributed by atoms with E-state index in [-0.39, 0.29) is 30.4 Å². The van der Waals surface area contributed by atoms with E-state index < -0.39 is 28.0 Å². The molecule has 0 bridgehead atoms. The second kappa shape index (κ2) is 9.05. The Balaban J connectivity index is 2.02. The average molecular weight is 400 g/mol. The predicted molar refractivity (Wildman–Crippen MR) is 98.3 cm³/mol. The summed E-state index contributed by atoms with van der Waals surface area (Å²) in [6.45, 7) is 1.75. The molecule has 2 atom stereocenters. The Morgan fingerprint density at radius 3 is 2.41 bits per heavy atom. The van der Waals surface area contributed by atoms with E-state index in [9.17, 15) is 18.0 Å². The summed E-state index contributed by atoms with van der Waals surface area (Å²) < 4.78 is 38.9. The Kier molecular flexibility index (Phi) is 7.03. The summed E-state index contributed by atoms with van der Waals surface area (Å²) in [5.74, 6) is 0.323. The van der Waals surface area contributed by atoms with E-state index in [1.165, 1.54) is 14.2 Å². The number of amides is 1. The normalized spacial score (nSPS) is 20.7. The average Bonchev–Trinajstić information content (AvgIpc) is 2.92. The van der Waals surface area contributed by atoms with E-state index in [0.717, 1.165) is 0 Å². The van der Waals surface area contributed by atoms with Gasteiger partial charge in [0.25, 0.3) is 0 Å². The van der Waals surface area contributed by atoms with Gasteiger partial charge in [-0.3, -0.25) is 4.79 Å². The van der Waals surface area contributed by atoms with Gasteiger partial charge in [-0.05, 0) is 25.1 Å². The first-order valence-electron chi connectivity index (χ1n) is 8.42. The summed E-state index contributed by atoms with van der Waals surface area (Å²) in [6, 6.07) is 3.54. The summed E-state index contributed by atoms with van der Waals surface area (Å²) in [4.78, 5) is 24.0. The van der Waals surface area contributed by atoms with Crippen molar-refractivity contribution in [3.8, 4) is 11.5 Å². The molecular weight excluding hydrogens is 376 g/mol. The molecule has 2 N–H and O–H groups in total. The first-order chi connectivity index (χ1) is 12.8. The third kappa shape index (κ3) is 5.57. The molecule has 0 aliphatic carbocycles. The molecule has 27 heavy (non-hydrogen) atoms. The highest BCUT2D eigenvalue weighted by molar-refractivity contribution is 7.91. The maximum Gasteiger partial charge on any atom is 0.407 e. The topological polar surface area (TPSA) is 120 Å². The fourth-order valence-corrected chi connectivity index (χ4v) is 4.75. The highest BCUT2D eigenvalue weighted by Crippen LogP contribution is 2.27. The molecule has 150 valence electrons. The Labute approximate surface area is 158 Å². The quantitative estimate of drug-likeness (QED) is 0.601. The molecule has 1 saturated heterocycles. The first-order valence-corrected chi connectivity index (χ1v) is 10.2. The SMILES string of the molecule is CCOC(=O)N[C@@H]1CS(=O)(=O)C[C@H]1NCC(=O)c1ccc(OC)c(OC)c1. The molecule has 1 aromatic carbocycles. The Morgan fingerprint density at radius 2 is 1.78 bits per heavy atom. The van der Waals surface area contributed by atoms with Gasteiger partial charge in [0.05, 0.1) is 44.9 Å². The van der Waals surface area contributed by atoms with Crippen LogP contribution in [0.25, 0.3) is 0 Å². The number of Topliss-reactive ketones (excluding diaryl/α,β-unsaturated/α-hetero) is 1. The lowest BCUT2D eigenvalue weighted by molar-refractivity contribution is 0.0986. The van der Waals surface area contributed by atoms with Gasteiger partial charge >= 0.3 is 6.09 Å². The molecule has 2 rings (SSSR count). The maximum atomic E-state index is 12.4. The highest BCUT2D eigenvalue weighted by atomic mass is 32.2. The summed E-state index contributed by atoms with van der Waals surface area (Å²) in [6.07, 6.45) is -0.683. The number of carbonyl (C=O) groups excluding carboxylic acids is 2. The van der Waals surface area contributed by atoms with Gasteiger partial charge in [-0.2, -0.15) is 0 Å². The van der Waals surface area contributed by atoms with Gasteiger partial charge in [-0.25, -0.2) is 13.2 Å². The summed E-state index contributed by atoms with van der Waals surface area (Å²) >= 11 is 0. The van der Waals surface area contributed by atoms with E-state index in [1.807, 2.05) is 0 Å². The van der Waals surface area contributed by atoms with Crippen molar-refractivity contribution in [3.63, 3.8) is 0 Å². The van der Waals surface area contributed by atoms with Crippen LogP contribution in [-0.2, 0) is 14.6 Å². The molecule has 1 aliphatic heterocycles. The maximum absolute atomic E-state index is 12.4. The number of rotatable bonds is 8. The van der Waals surface area contributed by atoms with E-state index in [1.54, 1.807) is 25.1 Å². The van der Waals surface area contributed by atoms with Gasteiger partial charge in [-0.1, -0.05) is 0 Å². The van der Waals surface area contributed by atoms with Crippen LogP contribution >= 0.6 is 0 Å². The summed E-state index contributed by atoms with van der Waals surface area (Å²) in [5.41, 5.74) is 0.399. The largest absolute Gasteiger partial charge is 0.493 e. The molecule has 9 nitrogen and oxygen atoms in total. The number of ether oxygens (including phenoxy) is 3. The number of hydrogen-bond donors (Lipinski definition) is 2. The number of alkyl carbamates (subject to hydrolysis) is 1. The molecule has 10 heteroatoms. The minimum absolute atomic E-state index is 0.0866. The van der Waals surface area contributed by atoms with Crippen molar-refractivity contribution in [2.45, 2.75) is 19.0 Å². The van der Waals surface area contributed by atoms with Crippen molar-refractivity contribution in [2.24, 2.45) is 0 Å². The molecule has 1 amide bonds. The van der Waals surface area contributed by atoms with Crippen LogP contribution in [-0.4, -0.2) is 71.3 Å². The number of nitrogens with one attached hydrogen (secondary N) is 2. The predicted octanol–water partition coefficient (Wildman–Crippen LogP) is 0.388. The summed E-state index contributed by atoms with van der Waals surface area (Å²) in [7, 11) is -0.348. The molecule has 0 radical (unpaired) electrons. The van der Waals surface area contributed by atoms with Crippen LogP contribution in [0.1, 0.15) is 17.3 Å². The fourth-order valence-electron chi connectivity index (χ4n) is 2.85. The van der Waals surface area contributed by atoms with Crippen molar-refractivity contribution in [3.05, 3.63) is 23.8 Å². The zero-order chi connectivity index (χ0) is 20.0. The number of benzene rings is 1. The Hall–Kier alpha value is -2.33. The van der Waals surface area contributed by atoms with Gasteiger partial charge in [0.1, 0.15) is 0 Å². The van der Waals surface area contributed by atoms with Crippen LogP contribution in [0.15, 0.2) is 18.2 Å². The molecule has 1 aromatic rings. The molecule has 0 saturated carbocycles. The van der Waals surface area contributed by atoms with Crippen LogP contribution in [0.4, 0.5) is 4.79 Å². The zero-order valence-electron chi connectivity index (χ0n) is 15.5. The minimum Gasteiger partial charge on any atom is -0.493 e. The molecule has 1 aliphatic rings. The second-order valence-electron chi connectivity index (χ2n) is 6.03. The molecule has 0 spiro atoms. The fraction of sp³-hybridized carbons (Fsp3) is 0.529. The van der Waals surface area contributed by atoms with Crippen LogP contribution < -0.4 is 20.1 Å². The third-order valence-electron chi connectivity index (χ3n) is 4.16. The van der Waals surface area contributed by atoms with Gasteiger partial charge in [0.15, 0.2) is 27.1 Å². The number of methoxy groups -OCH3 is 2. The monoisotopic (exact) mass is 400 g/mol. The summed E-state index contributed by atoms with van der Waals surface area (Å²) in [5, 5.41) is 5.46. The zero-order valence-corrected chi connectivity index (χ0v) is 16.3. The van der Waals surface area contributed by atoms with Gasteiger partial charge in [0, 0.05) is 11.6 Å². The minimum atomic E-state index is -3.32. The number of ketones is 1. The smallest absolute Gasteiger partial charge is 0.407 e. The lowest BCUT2D eigenvalue weighted by Gasteiger charge is -2.20. The molecule has 1 fully saturated rings. The van der Waals surface area contributed by atoms with Crippen LogP contribution in [0.3, 0.4) is 0 Å². The van der Waals surface area contributed by atoms with E-state index in [2.05, 4.69) is 10.6 Å². The van der Waals surface area contributed by atoms with E-state index in [0.29, 0.717) is 17.1 Å². The third-order valence-corrected chi connectivity index (χ3v) is 5.90. The highest BCUT2D eigenvalue weighted by Gasteiger charge is 2.38. The van der Waals surface area contributed by atoms with E-state index >= 15 is 0 Å². The van der Waals surface area contributed by atoms with Crippen LogP contribution in [0, 0.1) is 0 Å². The molecule has 1 heterocycles. The lowest BCUT2D eigenvalue weighted by atomic mass is 10.1. The van der Waals surface area contributed by atoms with Crippen molar-refractivity contribution in [1.82, 2.24) is 10.6 Å². The first kappa shape index (κ1) is 21.0. The van der Waals surface area contributed by atoms with Crippen molar-refractivity contribution in [1.29, 1.82) is 0 Å². The molecule has 0 aromatic heterocycles. The van der Waals surface area contributed by atoms with Crippen molar-refractivity contribution < 1.29 is 32.2 Å². The Bertz CT molecular complexity index is 794. The van der Waals surface area contributed by atoms with Gasteiger partial charge < -0.3 is 24.8 Å². The van der Waals surface area contributed by atoms with E-state index in [4.69, 9.17) is 14.2 Å².